The number of nitrogens with one attached hydrogen (secondary N) is 1. The average molecular weight is 397 g/mol. The average Bonchev–Trinajstić information content (AvgIpc) is 2.90. The molecule has 8 heteroatoms. The number of carbonyl (C=O) groups excluding carboxylic acids is 1. The Balaban J connectivity index is 1.72. The van der Waals surface area contributed by atoms with Crippen molar-refractivity contribution >= 4 is 45.1 Å². The van der Waals surface area contributed by atoms with Crippen LogP contribution in [-0.4, -0.2) is 12.1 Å². The second-order valence-electron chi connectivity index (χ2n) is 5.56. The molecule has 134 valence electrons. The van der Waals surface area contributed by atoms with Crippen molar-refractivity contribution in [1.82, 2.24) is 5.43 Å². The van der Waals surface area contributed by atoms with Crippen molar-refractivity contribution in [2.45, 2.75) is 13.1 Å². The van der Waals surface area contributed by atoms with Gasteiger partial charge in [-0.15, -0.1) is 11.3 Å². The van der Waals surface area contributed by atoms with Gasteiger partial charge in [0.25, 0.3) is 5.91 Å². The van der Waals surface area contributed by atoms with Gasteiger partial charge in [-0.25, -0.2) is 5.43 Å². The molecule has 1 heterocycles. The first-order valence-corrected chi connectivity index (χ1v) is 8.64. The first kappa shape index (κ1) is 18.4. The summed E-state index contributed by atoms with van der Waals surface area (Å²) in [6.07, 6.45) is -3.12. The first-order valence-electron chi connectivity index (χ1n) is 7.45. The van der Waals surface area contributed by atoms with E-state index in [9.17, 15) is 18.0 Å². The van der Waals surface area contributed by atoms with Crippen LogP contribution in [0, 0.1) is 6.92 Å². The minimum Gasteiger partial charge on any atom is -0.266 e. The molecule has 3 aromatic rings. The highest BCUT2D eigenvalue weighted by Gasteiger charge is 2.29. The molecule has 0 spiro atoms. The minimum absolute atomic E-state index is 0.330. The van der Waals surface area contributed by atoms with Gasteiger partial charge in [-0.1, -0.05) is 35.9 Å². The molecule has 0 radical (unpaired) electrons. The number of nitrogens with zero attached hydrogens (tertiary/aromatic N) is 1. The Hall–Kier alpha value is -2.38. The Kier molecular flexibility index (Phi) is 5.02. The lowest BCUT2D eigenvalue weighted by molar-refractivity contribution is -0.137. The third-order valence-electron chi connectivity index (χ3n) is 3.61. The quantitative estimate of drug-likeness (QED) is 0.451. The topological polar surface area (TPSA) is 41.5 Å². The van der Waals surface area contributed by atoms with Crippen molar-refractivity contribution in [3.63, 3.8) is 0 Å². The van der Waals surface area contributed by atoms with E-state index >= 15 is 0 Å². The van der Waals surface area contributed by atoms with Crippen LogP contribution >= 0.6 is 22.9 Å². The summed E-state index contributed by atoms with van der Waals surface area (Å²) in [7, 11) is 0. The zero-order chi connectivity index (χ0) is 18.9. The van der Waals surface area contributed by atoms with Gasteiger partial charge >= 0.3 is 6.18 Å². The second-order valence-corrected chi connectivity index (χ2v) is 6.99. The molecule has 26 heavy (non-hydrogen) atoms. The van der Waals surface area contributed by atoms with Crippen LogP contribution in [0.4, 0.5) is 13.2 Å². The van der Waals surface area contributed by atoms with Crippen LogP contribution in [0.2, 0.25) is 5.02 Å². The van der Waals surface area contributed by atoms with Crippen molar-refractivity contribution < 1.29 is 18.0 Å². The number of fused-ring (bicyclic) bond motifs is 1. The molecule has 2 aromatic carbocycles. The number of amides is 1. The lowest BCUT2D eigenvalue weighted by Crippen LogP contribution is -2.16. The summed E-state index contributed by atoms with van der Waals surface area (Å²) in [6.45, 7) is 1.95. The normalized spacial score (nSPS) is 12.0. The van der Waals surface area contributed by atoms with Gasteiger partial charge in [-0.3, -0.25) is 4.79 Å². The maximum Gasteiger partial charge on any atom is 0.416 e. The Bertz CT molecular complexity index is 994. The van der Waals surface area contributed by atoms with Gasteiger partial charge in [-0.2, -0.15) is 18.3 Å². The van der Waals surface area contributed by atoms with Crippen LogP contribution in [0.3, 0.4) is 0 Å². The van der Waals surface area contributed by atoms with Gasteiger partial charge in [-0.05, 0) is 36.2 Å². The number of hydrogen-bond acceptors (Lipinski definition) is 3. The Morgan fingerprint density at radius 3 is 2.54 bits per heavy atom. The number of alkyl halides is 3. The number of carbonyl (C=O) groups is 1. The van der Waals surface area contributed by atoms with E-state index in [-0.39, 0.29) is 0 Å². The van der Waals surface area contributed by atoms with Gasteiger partial charge in [0, 0.05) is 10.1 Å². The summed E-state index contributed by atoms with van der Waals surface area (Å²) in [5.41, 5.74) is 3.08. The van der Waals surface area contributed by atoms with Crippen LogP contribution in [0.25, 0.3) is 10.1 Å². The zero-order valence-electron chi connectivity index (χ0n) is 13.4. The maximum atomic E-state index is 12.5. The fourth-order valence-electron chi connectivity index (χ4n) is 2.29. The largest absolute Gasteiger partial charge is 0.416 e. The van der Waals surface area contributed by atoms with Gasteiger partial charge in [0.2, 0.25) is 0 Å². The molecule has 1 amide bonds. The first-order chi connectivity index (χ1) is 12.3. The van der Waals surface area contributed by atoms with Crippen molar-refractivity contribution in [1.29, 1.82) is 0 Å². The lowest BCUT2D eigenvalue weighted by Gasteiger charge is -2.05. The second kappa shape index (κ2) is 7.09. The molecule has 3 nitrogen and oxygen atoms in total. The molecule has 0 saturated heterocycles. The highest BCUT2D eigenvalue weighted by molar-refractivity contribution is 7.21. The van der Waals surface area contributed by atoms with E-state index < -0.39 is 17.6 Å². The molecule has 0 aliphatic heterocycles. The molecule has 0 bridgehead atoms. The zero-order valence-corrected chi connectivity index (χ0v) is 15.0. The van der Waals surface area contributed by atoms with E-state index in [0.717, 1.165) is 27.8 Å². The smallest absolute Gasteiger partial charge is 0.266 e. The van der Waals surface area contributed by atoms with E-state index in [1.807, 2.05) is 25.1 Å². The SMILES string of the molecule is Cc1ccc2c(Cl)c(C(=O)N/N=C/c3ccc(C(F)(F)F)cc3)sc2c1. The van der Waals surface area contributed by atoms with Crippen molar-refractivity contribution in [3.8, 4) is 0 Å². The van der Waals surface area contributed by atoms with E-state index in [1.165, 1.54) is 29.7 Å². The summed E-state index contributed by atoms with van der Waals surface area (Å²) in [6, 6.07) is 10.1. The molecule has 0 aliphatic carbocycles. The van der Waals surface area contributed by atoms with Crippen LogP contribution in [0.1, 0.15) is 26.4 Å². The standard InChI is InChI=1S/C18H12ClF3N2OS/c1-10-2-7-13-14(8-10)26-16(15(13)19)17(25)24-23-9-11-3-5-12(6-4-11)18(20,21)22/h2-9H,1H3,(H,24,25)/b23-9+. The number of benzene rings is 2. The fraction of sp³-hybridized carbons (Fsp3) is 0.111. The summed E-state index contributed by atoms with van der Waals surface area (Å²) >= 11 is 7.51. The molecule has 0 aliphatic rings. The highest BCUT2D eigenvalue weighted by atomic mass is 35.5. The summed E-state index contributed by atoms with van der Waals surface area (Å²) in [5.74, 6) is -0.475. The van der Waals surface area contributed by atoms with E-state index in [2.05, 4.69) is 10.5 Å². The Labute approximate surface area is 156 Å². The number of aryl methyl sites for hydroxylation is 1. The van der Waals surface area contributed by atoms with E-state index in [0.29, 0.717) is 15.5 Å². The lowest BCUT2D eigenvalue weighted by atomic mass is 10.1. The number of hydrogen-bond donors (Lipinski definition) is 1. The molecule has 1 aromatic heterocycles. The number of rotatable bonds is 3. The van der Waals surface area contributed by atoms with Crippen LogP contribution in [0.5, 0.6) is 0 Å². The predicted molar refractivity (Wildman–Crippen MR) is 98.1 cm³/mol. The van der Waals surface area contributed by atoms with Crippen LogP contribution in [-0.2, 0) is 6.18 Å². The Morgan fingerprint density at radius 2 is 1.88 bits per heavy atom. The van der Waals surface area contributed by atoms with E-state index in [1.54, 1.807) is 0 Å². The van der Waals surface area contributed by atoms with Crippen molar-refractivity contribution in [2.75, 3.05) is 0 Å². The third kappa shape index (κ3) is 3.89. The molecule has 0 unspecified atom stereocenters. The highest BCUT2D eigenvalue weighted by Crippen LogP contribution is 2.35. The summed E-state index contributed by atoms with van der Waals surface area (Å²) < 4.78 is 38.4. The van der Waals surface area contributed by atoms with Crippen molar-refractivity contribution in [3.05, 3.63) is 69.1 Å². The molecule has 0 fully saturated rings. The summed E-state index contributed by atoms with van der Waals surface area (Å²) in [5, 5.41) is 4.93. The van der Waals surface area contributed by atoms with Crippen LogP contribution < -0.4 is 5.43 Å². The van der Waals surface area contributed by atoms with Gasteiger partial charge in [0.1, 0.15) is 4.88 Å². The maximum absolute atomic E-state index is 12.5. The van der Waals surface area contributed by atoms with Gasteiger partial charge in [0.15, 0.2) is 0 Å². The molecule has 0 atom stereocenters. The molecule has 1 N–H and O–H groups in total. The number of hydrazone groups is 1. The van der Waals surface area contributed by atoms with E-state index in [4.69, 9.17) is 11.6 Å². The predicted octanol–water partition coefficient (Wildman–Crippen LogP) is 5.65. The Morgan fingerprint density at radius 1 is 1.19 bits per heavy atom. The molecule has 3 rings (SSSR count). The molecular formula is C18H12ClF3N2OS. The summed E-state index contributed by atoms with van der Waals surface area (Å²) in [4.78, 5) is 12.6. The number of thiophene rings is 1. The molecule has 0 saturated carbocycles. The minimum atomic E-state index is -4.39. The number of halogens is 4. The monoisotopic (exact) mass is 396 g/mol. The fourth-order valence-corrected chi connectivity index (χ4v) is 3.80. The van der Waals surface area contributed by atoms with Crippen molar-refractivity contribution in [2.24, 2.45) is 5.10 Å². The van der Waals surface area contributed by atoms with Gasteiger partial charge in [0.05, 0.1) is 16.8 Å². The van der Waals surface area contributed by atoms with Gasteiger partial charge < -0.3 is 0 Å². The molecular weight excluding hydrogens is 385 g/mol. The third-order valence-corrected chi connectivity index (χ3v) is 5.26. The van der Waals surface area contributed by atoms with Crippen LogP contribution in [0.15, 0.2) is 47.6 Å².